The van der Waals surface area contributed by atoms with Crippen LogP contribution in [0.3, 0.4) is 0 Å². The fraction of sp³-hybridized carbons (Fsp3) is 0.372. The second-order valence-corrected chi connectivity index (χ2v) is 17.5. The number of hydrogen-bond donors (Lipinski definition) is 1. The van der Waals surface area contributed by atoms with E-state index in [1.54, 1.807) is 43.3 Å². The first-order chi connectivity index (χ1) is 28.8. The van der Waals surface area contributed by atoms with Gasteiger partial charge in [0.2, 0.25) is 5.91 Å². The van der Waals surface area contributed by atoms with E-state index < -0.39 is 33.6 Å². The summed E-state index contributed by atoms with van der Waals surface area (Å²) >= 11 is 0. The summed E-state index contributed by atoms with van der Waals surface area (Å²) in [6, 6.07) is 19.3. The van der Waals surface area contributed by atoms with Crippen molar-refractivity contribution < 1.29 is 40.2 Å². The number of nitrogens with one attached hydrogen (secondary N) is 1. The minimum absolute atomic E-state index is 0.0444. The van der Waals surface area contributed by atoms with E-state index in [-0.39, 0.29) is 39.8 Å². The molecule has 61 heavy (non-hydrogen) atoms. The maximum atomic E-state index is 14.2. The van der Waals surface area contributed by atoms with E-state index in [1.807, 2.05) is 4.90 Å². The minimum Gasteiger partial charge on any atom is -0.744 e. The highest BCUT2D eigenvalue weighted by atomic mass is 32.2. The molecule has 0 unspecified atom stereocenters. The van der Waals surface area contributed by atoms with Crippen LogP contribution >= 0.6 is 0 Å². The smallest absolute Gasteiger partial charge is 0.416 e. The number of nitrogens with zero attached hydrogens (tertiary/aromatic N) is 7. The Morgan fingerprint density at radius 1 is 0.885 bits per heavy atom. The van der Waals surface area contributed by atoms with Crippen LogP contribution in [0.5, 0.6) is 0 Å². The highest BCUT2D eigenvalue weighted by Gasteiger charge is 2.36. The van der Waals surface area contributed by atoms with Gasteiger partial charge in [-0.2, -0.15) is 18.3 Å². The molecule has 3 heterocycles. The molecule has 322 valence electrons. The van der Waals surface area contributed by atoms with Crippen molar-refractivity contribution in [2.45, 2.75) is 68.6 Å². The fourth-order valence-electron chi connectivity index (χ4n) is 8.01. The third-order valence-electron chi connectivity index (χ3n) is 11.3. The number of amides is 2. The van der Waals surface area contributed by atoms with Gasteiger partial charge < -0.3 is 19.3 Å². The van der Waals surface area contributed by atoms with Crippen LogP contribution < -0.4 is 11.0 Å². The normalized spacial score (nSPS) is 17.5. The largest absolute Gasteiger partial charge is 0.744 e. The average molecular weight is 861 g/mol. The van der Waals surface area contributed by atoms with Crippen molar-refractivity contribution in [3.8, 4) is 22.8 Å². The SMILES string of the molecule is O=S(=O)([O-])c1ccccc1.[C-]#[N+]c1ccc(-n2nccc2-c2c(C)n(-c3cccc(C(F)(F)F)c3)c(=O)n2C(=O)NC2CCC(C(=O)N3CCC([N+](C)(C)C)CC3)CC2)cc1. The standard InChI is InChI=1S/C37H41F3N8O3.C6H6O3S/c1-24-33(32-17-20-42-47(32)29-15-13-27(41-2)14-16-29)46(36(51)45(24)30-8-6-7-26(23-30)37(38,39)40)35(50)43-28-11-9-25(10-12-28)34(49)44-21-18-31(19-22-44)48(3,4)5;7-10(8,9)6-4-2-1-3-5-6/h6-8,13-17,20,23,25,28,31H,9-12,18-19,21-22H2,1,3-5H3;1-5H,(H,7,8,9). The van der Waals surface area contributed by atoms with Crippen LogP contribution in [0.4, 0.5) is 23.7 Å². The lowest BCUT2D eigenvalue weighted by atomic mass is 9.84. The van der Waals surface area contributed by atoms with E-state index in [0.717, 1.165) is 51.7 Å². The zero-order valence-corrected chi connectivity index (χ0v) is 35.0. The van der Waals surface area contributed by atoms with E-state index in [4.69, 9.17) is 6.57 Å². The molecule has 14 nitrogen and oxygen atoms in total. The molecule has 1 saturated carbocycles. The molecule has 0 spiro atoms. The summed E-state index contributed by atoms with van der Waals surface area (Å²) in [4.78, 5) is 46.9. The monoisotopic (exact) mass is 860 g/mol. The maximum absolute atomic E-state index is 14.2. The van der Waals surface area contributed by atoms with Crippen LogP contribution in [0, 0.1) is 19.4 Å². The van der Waals surface area contributed by atoms with Gasteiger partial charge in [-0.05, 0) is 81.1 Å². The number of carbonyl (C=O) groups is 2. The molecule has 18 heteroatoms. The number of piperidine rings is 1. The summed E-state index contributed by atoms with van der Waals surface area (Å²) in [6.07, 6.45) is 1.05. The molecule has 3 aromatic carbocycles. The Bertz CT molecular complexity index is 2570. The Labute approximate surface area is 352 Å². The maximum Gasteiger partial charge on any atom is 0.416 e. The van der Waals surface area contributed by atoms with E-state index in [2.05, 4.69) is 36.4 Å². The van der Waals surface area contributed by atoms with Gasteiger partial charge in [-0.1, -0.05) is 36.4 Å². The van der Waals surface area contributed by atoms with Gasteiger partial charge in [0, 0.05) is 37.9 Å². The highest BCUT2D eigenvalue weighted by Crippen LogP contribution is 2.33. The van der Waals surface area contributed by atoms with Gasteiger partial charge in [0.05, 0.1) is 73.2 Å². The third-order valence-corrected chi connectivity index (χ3v) is 12.2. The molecule has 2 aromatic heterocycles. The van der Waals surface area contributed by atoms with E-state index in [0.29, 0.717) is 48.8 Å². The lowest BCUT2D eigenvalue weighted by Gasteiger charge is -2.41. The van der Waals surface area contributed by atoms with Gasteiger partial charge in [-0.3, -0.25) is 9.36 Å². The van der Waals surface area contributed by atoms with Gasteiger partial charge in [-0.25, -0.2) is 32.1 Å². The summed E-state index contributed by atoms with van der Waals surface area (Å²) in [7, 11) is 2.29. The van der Waals surface area contributed by atoms with E-state index >= 15 is 0 Å². The molecule has 7 rings (SSSR count). The molecule has 0 radical (unpaired) electrons. The van der Waals surface area contributed by atoms with Gasteiger partial charge in [0.15, 0.2) is 5.69 Å². The third kappa shape index (κ3) is 10.1. The van der Waals surface area contributed by atoms with Gasteiger partial charge in [0.1, 0.15) is 15.8 Å². The Balaban J connectivity index is 0.000000546. The van der Waals surface area contributed by atoms with Crippen LogP contribution in [0.2, 0.25) is 0 Å². The Morgan fingerprint density at radius 3 is 2.08 bits per heavy atom. The highest BCUT2D eigenvalue weighted by molar-refractivity contribution is 7.85. The minimum atomic E-state index is -4.64. The van der Waals surface area contributed by atoms with Crippen LogP contribution in [0.15, 0.2) is 101 Å². The number of quaternary nitrogens is 1. The number of imidazole rings is 1. The predicted molar refractivity (Wildman–Crippen MR) is 220 cm³/mol. The zero-order chi connectivity index (χ0) is 44.3. The van der Waals surface area contributed by atoms with Gasteiger partial charge in [-0.15, -0.1) is 0 Å². The number of benzene rings is 3. The van der Waals surface area contributed by atoms with Gasteiger partial charge in [0.25, 0.3) is 0 Å². The van der Waals surface area contributed by atoms with Crippen molar-refractivity contribution >= 4 is 27.7 Å². The lowest BCUT2D eigenvalue weighted by Crippen LogP contribution is -2.53. The molecular formula is C43H47F3N8O6S. The van der Waals surface area contributed by atoms with Gasteiger partial charge >= 0.3 is 17.9 Å². The van der Waals surface area contributed by atoms with Crippen molar-refractivity contribution in [1.29, 1.82) is 0 Å². The second kappa shape index (κ2) is 17.9. The molecule has 2 amide bonds. The fourth-order valence-corrected chi connectivity index (χ4v) is 8.50. The number of aromatic nitrogens is 4. The molecule has 0 bridgehead atoms. The van der Waals surface area contributed by atoms with Crippen LogP contribution in [-0.2, 0) is 21.1 Å². The Hall–Kier alpha value is -6.03. The van der Waals surface area contributed by atoms with Crippen LogP contribution in [0.1, 0.15) is 49.8 Å². The molecule has 2 fully saturated rings. The number of carbonyl (C=O) groups excluding carboxylic acids is 2. The number of hydrogen-bond acceptors (Lipinski definition) is 7. The first-order valence-corrected chi connectivity index (χ1v) is 21.1. The van der Waals surface area contributed by atoms with E-state index in [9.17, 15) is 40.5 Å². The number of rotatable bonds is 7. The summed E-state index contributed by atoms with van der Waals surface area (Å²) < 4.78 is 76.4. The Kier molecular flexibility index (Phi) is 13.1. The van der Waals surface area contributed by atoms with Crippen LogP contribution in [0.25, 0.3) is 27.6 Å². The molecule has 0 atom stereocenters. The van der Waals surface area contributed by atoms with Crippen LogP contribution in [-0.4, -0.2) is 99.5 Å². The number of alkyl halides is 3. The van der Waals surface area contributed by atoms with Crippen molar-refractivity contribution in [3.05, 3.63) is 124 Å². The Morgan fingerprint density at radius 2 is 1.52 bits per heavy atom. The number of halogens is 3. The second-order valence-electron chi connectivity index (χ2n) is 16.1. The number of likely N-dealkylation sites (tertiary alicyclic amines) is 1. The van der Waals surface area contributed by atoms with Crippen molar-refractivity contribution in [2.75, 3.05) is 34.2 Å². The molecule has 1 N–H and O–H groups in total. The first kappa shape index (κ1) is 44.5. The summed E-state index contributed by atoms with van der Waals surface area (Å²) in [5, 5.41) is 7.39. The zero-order valence-electron chi connectivity index (χ0n) is 34.2. The molecular weight excluding hydrogens is 814 g/mol. The summed E-state index contributed by atoms with van der Waals surface area (Å²) in [5.74, 6) is 0.0227. The molecule has 5 aromatic rings. The van der Waals surface area contributed by atoms with E-state index in [1.165, 1.54) is 47.3 Å². The van der Waals surface area contributed by atoms with Crippen molar-refractivity contribution in [1.82, 2.24) is 29.1 Å². The molecule has 1 aliphatic heterocycles. The summed E-state index contributed by atoms with van der Waals surface area (Å²) in [6.45, 7) is 10.3. The summed E-state index contributed by atoms with van der Waals surface area (Å²) in [5.41, 5.74) is -0.105. The average Bonchev–Trinajstić information content (AvgIpc) is 3.82. The topological polar surface area (TPSA) is 156 Å². The quantitative estimate of drug-likeness (QED) is 0.108. The molecule has 1 saturated heterocycles. The molecule has 2 aliphatic rings. The van der Waals surface area contributed by atoms with Crippen molar-refractivity contribution in [2.24, 2.45) is 5.92 Å². The first-order valence-electron chi connectivity index (χ1n) is 19.7. The van der Waals surface area contributed by atoms with Crippen molar-refractivity contribution in [3.63, 3.8) is 0 Å². The lowest BCUT2D eigenvalue weighted by molar-refractivity contribution is -0.897. The molecule has 1 aliphatic carbocycles. The predicted octanol–water partition coefficient (Wildman–Crippen LogP) is 6.77.